The third kappa shape index (κ3) is 3.47. The van der Waals surface area contributed by atoms with Gasteiger partial charge in [-0.1, -0.05) is 0 Å². The number of halogens is 1. The molecule has 0 unspecified atom stereocenters. The number of carbonyl (C=O) groups is 1. The Morgan fingerprint density at radius 1 is 1.56 bits per heavy atom. The lowest BCUT2D eigenvalue weighted by molar-refractivity contribution is 0.0710. The van der Waals surface area contributed by atoms with Crippen LogP contribution in [0.5, 0.6) is 5.75 Å². The molecule has 1 aromatic carbocycles. The maximum atomic E-state index is 12.2. The summed E-state index contributed by atoms with van der Waals surface area (Å²) in [5.41, 5.74) is 0.419. The van der Waals surface area contributed by atoms with E-state index in [4.69, 9.17) is 5.26 Å². The summed E-state index contributed by atoms with van der Waals surface area (Å²) in [5, 5.41) is 18.2. The van der Waals surface area contributed by atoms with Gasteiger partial charge < -0.3 is 10.0 Å². The summed E-state index contributed by atoms with van der Waals surface area (Å²) in [5.74, 6) is -0.145. The largest absolute Gasteiger partial charge is 0.507 e. The van der Waals surface area contributed by atoms with E-state index in [1.54, 1.807) is 17.0 Å². The summed E-state index contributed by atoms with van der Waals surface area (Å²) in [6.07, 6.45) is 0.298. The van der Waals surface area contributed by atoms with Crippen LogP contribution >= 0.6 is 15.9 Å². The molecule has 0 bridgehead atoms. The summed E-state index contributed by atoms with van der Waals surface area (Å²) in [7, 11) is 0. The third-order valence-corrected chi connectivity index (χ3v) is 3.21. The van der Waals surface area contributed by atoms with Crippen molar-refractivity contribution in [1.29, 1.82) is 5.26 Å². The van der Waals surface area contributed by atoms with E-state index in [-0.39, 0.29) is 17.7 Å². The number of hydrogen-bond donors (Lipinski definition) is 1. The van der Waals surface area contributed by atoms with Gasteiger partial charge in [0.25, 0.3) is 5.91 Å². The molecule has 0 saturated heterocycles. The Hall–Kier alpha value is -1.54. The third-order valence-electron chi connectivity index (χ3n) is 2.54. The number of aromatic hydroxyl groups is 1. The number of hydrogen-bond acceptors (Lipinski definition) is 3. The molecular weight excluding hydrogens is 296 g/mol. The van der Waals surface area contributed by atoms with Gasteiger partial charge in [-0.05, 0) is 48.0 Å². The lowest BCUT2D eigenvalue weighted by Gasteiger charge is -2.26. The molecule has 1 aromatic rings. The molecule has 0 saturated carbocycles. The zero-order chi connectivity index (χ0) is 13.7. The summed E-state index contributed by atoms with van der Waals surface area (Å²) >= 11 is 3.17. The fourth-order valence-electron chi connectivity index (χ4n) is 1.58. The topological polar surface area (TPSA) is 64.3 Å². The van der Waals surface area contributed by atoms with E-state index >= 15 is 0 Å². The van der Waals surface area contributed by atoms with Crippen LogP contribution in [0.2, 0.25) is 0 Å². The molecule has 18 heavy (non-hydrogen) atoms. The van der Waals surface area contributed by atoms with E-state index in [9.17, 15) is 9.90 Å². The van der Waals surface area contributed by atoms with Crippen molar-refractivity contribution in [3.05, 3.63) is 28.2 Å². The van der Waals surface area contributed by atoms with Crippen molar-refractivity contribution in [2.75, 3.05) is 6.54 Å². The van der Waals surface area contributed by atoms with Gasteiger partial charge in [0.2, 0.25) is 0 Å². The van der Waals surface area contributed by atoms with Gasteiger partial charge >= 0.3 is 0 Å². The standard InChI is InChI=1S/C13H15BrN2O2/c1-9(2)16(7-3-6-15)13(18)10-4-5-11(14)12(17)8-10/h4-5,8-9,17H,3,7H2,1-2H3. The van der Waals surface area contributed by atoms with Gasteiger partial charge in [0.15, 0.2) is 0 Å². The molecule has 96 valence electrons. The Kier molecular flexibility index (Phi) is 5.17. The highest BCUT2D eigenvalue weighted by Crippen LogP contribution is 2.25. The van der Waals surface area contributed by atoms with Crippen LogP contribution in [0, 0.1) is 11.3 Å². The first-order chi connectivity index (χ1) is 8.47. The van der Waals surface area contributed by atoms with E-state index in [0.717, 1.165) is 0 Å². The van der Waals surface area contributed by atoms with Crippen LogP contribution in [0.4, 0.5) is 0 Å². The lowest BCUT2D eigenvalue weighted by atomic mass is 10.1. The van der Waals surface area contributed by atoms with Crippen LogP contribution in [0.1, 0.15) is 30.6 Å². The highest BCUT2D eigenvalue weighted by Gasteiger charge is 2.19. The number of carbonyl (C=O) groups excluding carboxylic acids is 1. The molecule has 0 aliphatic rings. The SMILES string of the molecule is CC(C)N(CCC#N)C(=O)c1ccc(Br)c(O)c1. The molecule has 0 spiro atoms. The predicted octanol–water partition coefficient (Wildman–Crippen LogP) is 2.92. The molecule has 0 heterocycles. The van der Waals surface area contributed by atoms with Gasteiger partial charge in [-0.25, -0.2) is 0 Å². The second kappa shape index (κ2) is 6.41. The fourth-order valence-corrected chi connectivity index (χ4v) is 1.82. The Morgan fingerprint density at radius 3 is 2.72 bits per heavy atom. The van der Waals surface area contributed by atoms with Gasteiger partial charge in [-0.15, -0.1) is 0 Å². The van der Waals surface area contributed by atoms with Crippen molar-refractivity contribution in [2.45, 2.75) is 26.3 Å². The minimum Gasteiger partial charge on any atom is -0.507 e. The van der Waals surface area contributed by atoms with Crippen LogP contribution in [0.25, 0.3) is 0 Å². The van der Waals surface area contributed by atoms with E-state index in [1.807, 2.05) is 19.9 Å². The molecule has 1 amide bonds. The monoisotopic (exact) mass is 310 g/mol. The molecule has 0 aliphatic carbocycles. The molecule has 0 radical (unpaired) electrons. The van der Waals surface area contributed by atoms with E-state index in [2.05, 4.69) is 15.9 Å². The average molecular weight is 311 g/mol. The Bertz CT molecular complexity index is 480. The second-order valence-corrected chi connectivity index (χ2v) is 5.02. The van der Waals surface area contributed by atoms with E-state index in [0.29, 0.717) is 23.0 Å². The van der Waals surface area contributed by atoms with Crippen molar-refractivity contribution < 1.29 is 9.90 Å². The molecule has 5 heteroatoms. The first-order valence-corrected chi connectivity index (χ1v) is 6.43. The summed E-state index contributed by atoms with van der Waals surface area (Å²) in [4.78, 5) is 13.9. The summed E-state index contributed by atoms with van der Waals surface area (Å²) < 4.78 is 0.548. The summed E-state index contributed by atoms with van der Waals surface area (Å²) in [6, 6.07) is 6.74. The van der Waals surface area contributed by atoms with E-state index in [1.165, 1.54) is 6.07 Å². The van der Waals surface area contributed by atoms with Gasteiger partial charge in [0.05, 0.1) is 17.0 Å². The lowest BCUT2D eigenvalue weighted by Crippen LogP contribution is -2.37. The van der Waals surface area contributed by atoms with E-state index < -0.39 is 0 Å². The normalized spacial score (nSPS) is 10.2. The number of rotatable bonds is 4. The van der Waals surface area contributed by atoms with Crippen molar-refractivity contribution in [3.8, 4) is 11.8 Å². The molecule has 0 aliphatic heterocycles. The number of benzene rings is 1. The second-order valence-electron chi connectivity index (χ2n) is 4.17. The smallest absolute Gasteiger partial charge is 0.254 e. The molecule has 0 fully saturated rings. The van der Waals surface area contributed by atoms with Crippen LogP contribution in [-0.4, -0.2) is 28.5 Å². The van der Waals surface area contributed by atoms with Crippen molar-refractivity contribution in [2.24, 2.45) is 0 Å². The fraction of sp³-hybridized carbons (Fsp3) is 0.385. The number of phenols is 1. The number of nitrogens with zero attached hydrogens (tertiary/aromatic N) is 2. The molecular formula is C13H15BrN2O2. The Labute approximate surface area is 115 Å². The van der Waals surface area contributed by atoms with Gasteiger partial charge in [-0.3, -0.25) is 4.79 Å². The molecule has 4 nitrogen and oxygen atoms in total. The molecule has 1 rings (SSSR count). The maximum absolute atomic E-state index is 12.2. The minimum atomic E-state index is -0.178. The van der Waals surface area contributed by atoms with Crippen molar-refractivity contribution in [3.63, 3.8) is 0 Å². The van der Waals surface area contributed by atoms with Crippen molar-refractivity contribution in [1.82, 2.24) is 4.90 Å². The Balaban J connectivity index is 2.95. The van der Waals surface area contributed by atoms with Gasteiger partial charge in [-0.2, -0.15) is 5.26 Å². The first kappa shape index (κ1) is 14.5. The highest BCUT2D eigenvalue weighted by molar-refractivity contribution is 9.10. The molecule has 0 aromatic heterocycles. The molecule has 0 atom stereocenters. The number of amides is 1. The minimum absolute atomic E-state index is 0.0108. The predicted molar refractivity (Wildman–Crippen MR) is 72.2 cm³/mol. The maximum Gasteiger partial charge on any atom is 0.254 e. The van der Waals surface area contributed by atoms with Crippen molar-refractivity contribution >= 4 is 21.8 Å². The number of phenolic OH excluding ortho intramolecular Hbond substituents is 1. The van der Waals surface area contributed by atoms with Gasteiger partial charge in [0.1, 0.15) is 5.75 Å². The summed E-state index contributed by atoms with van der Waals surface area (Å²) in [6.45, 7) is 4.19. The molecule has 1 N–H and O–H groups in total. The van der Waals surface area contributed by atoms with Crippen LogP contribution < -0.4 is 0 Å². The average Bonchev–Trinajstić information content (AvgIpc) is 2.32. The Morgan fingerprint density at radius 2 is 2.22 bits per heavy atom. The highest BCUT2D eigenvalue weighted by atomic mass is 79.9. The van der Waals surface area contributed by atoms with Crippen LogP contribution in [0.3, 0.4) is 0 Å². The number of nitriles is 1. The van der Waals surface area contributed by atoms with Gasteiger partial charge in [0, 0.05) is 18.2 Å². The zero-order valence-electron chi connectivity index (χ0n) is 10.4. The van der Waals surface area contributed by atoms with Crippen LogP contribution in [-0.2, 0) is 0 Å². The zero-order valence-corrected chi connectivity index (χ0v) is 11.9. The quantitative estimate of drug-likeness (QED) is 0.930. The van der Waals surface area contributed by atoms with Crippen LogP contribution in [0.15, 0.2) is 22.7 Å². The first-order valence-electron chi connectivity index (χ1n) is 5.63.